The number of fused-ring (bicyclic) bond motifs is 2. The van der Waals surface area contributed by atoms with E-state index in [9.17, 15) is 4.79 Å². The molecule has 0 aromatic carbocycles. The first-order valence-electron chi connectivity index (χ1n) is 7.67. The number of hydrogen-bond donors (Lipinski definition) is 0. The average molecular weight is 292 g/mol. The molecule has 1 amide bonds. The van der Waals surface area contributed by atoms with Crippen molar-refractivity contribution in [1.82, 2.24) is 9.80 Å². The van der Waals surface area contributed by atoms with Gasteiger partial charge in [-0.1, -0.05) is 0 Å². The maximum absolute atomic E-state index is 12.7. The molecule has 2 atom stereocenters. The van der Waals surface area contributed by atoms with Gasteiger partial charge in [0.1, 0.15) is 0 Å². The highest BCUT2D eigenvalue weighted by Crippen LogP contribution is 2.32. The van der Waals surface area contributed by atoms with E-state index in [-0.39, 0.29) is 5.91 Å². The molecule has 110 valence electrons. The summed E-state index contributed by atoms with van der Waals surface area (Å²) in [6.07, 6.45) is 3.68. The number of rotatable bonds is 2. The van der Waals surface area contributed by atoms with Crippen molar-refractivity contribution in [2.24, 2.45) is 0 Å². The molecule has 3 rings (SSSR count). The third-order valence-corrected chi connectivity index (χ3v) is 5.67. The molecule has 2 aliphatic heterocycles. The first-order chi connectivity index (χ1) is 9.58. The van der Waals surface area contributed by atoms with Gasteiger partial charge < -0.3 is 4.90 Å². The molecular weight excluding hydrogens is 268 g/mol. The molecule has 2 fully saturated rings. The van der Waals surface area contributed by atoms with Gasteiger partial charge in [-0.3, -0.25) is 9.69 Å². The largest absolute Gasteiger partial charge is 0.337 e. The highest BCUT2D eigenvalue weighted by molar-refractivity contribution is 7.08. The number of thiophene rings is 1. The summed E-state index contributed by atoms with van der Waals surface area (Å²) in [6, 6.07) is 1.83. The smallest absolute Gasteiger partial charge is 0.255 e. The zero-order valence-electron chi connectivity index (χ0n) is 12.6. The minimum Gasteiger partial charge on any atom is -0.337 e. The standard InChI is InChI=1S/C16H24N2OS/c1-11(2)18-13-4-5-14(18)8-17(7-6-13)16(19)15-10-20-9-12(15)3/h9-11,13-14H,4-8H2,1-3H3. The second-order valence-corrected chi connectivity index (χ2v) is 7.18. The summed E-state index contributed by atoms with van der Waals surface area (Å²) in [5, 5.41) is 4.07. The molecule has 2 bridgehead atoms. The van der Waals surface area contributed by atoms with Gasteiger partial charge in [-0.05, 0) is 51.0 Å². The Labute approximate surface area is 125 Å². The third kappa shape index (κ3) is 2.40. The number of carbonyl (C=O) groups excluding carboxylic acids is 1. The number of nitrogens with zero attached hydrogens (tertiary/aromatic N) is 2. The van der Waals surface area contributed by atoms with Gasteiger partial charge >= 0.3 is 0 Å². The molecule has 4 heteroatoms. The first kappa shape index (κ1) is 14.1. The SMILES string of the molecule is Cc1cscc1C(=O)N1CCC2CCC(C1)N2C(C)C. The van der Waals surface area contributed by atoms with Crippen LogP contribution in [0.2, 0.25) is 0 Å². The number of aryl methyl sites for hydroxylation is 1. The molecule has 0 saturated carbocycles. The number of likely N-dealkylation sites (tertiary alicyclic amines) is 1. The van der Waals surface area contributed by atoms with Gasteiger partial charge in [0, 0.05) is 36.6 Å². The van der Waals surface area contributed by atoms with Crippen molar-refractivity contribution in [3.05, 3.63) is 21.9 Å². The Morgan fingerprint density at radius 1 is 1.25 bits per heavy atom. The van der Waals surface area contributed by atoms with E-state index >= 15 is 0 Å². The van der Waals surface area contributed by atoms with Crippen LogP contribution in [0.25, 0.3) is 0 Å². The van der Waals surface area contributed by atoms with E-state index < -0.39 is 0 Å². The van der Waals surface area contributed by atoms with E-state index in [4.69, 9.17) is 0 Å². The quantitative estimate of drug-likeness (QED) is 0.836. The zero-order chi connectivity index (χ0) is 14.3. The van der Waals surface area contributed by atoms with Crippen LogP contribution in [0.3, 0.4) is 0 Å². The Morgan fingerprint density at radius 3 is 2.65 bits per heavy atom. The molecule has 3 nitrogen and oxygen atoms in total. The van der Waals surface area contributed by atoms with Gasteiger partial charge in [-0.25, -0.2) is 0 Å². The van der Waals surface area contributed by atoms with Crippen LogP contribution in [0.1, 0.15) is 49.0 Å². The minimum absolute atomic E-state index is 0.236. The normalized spacial score (nSPS) is 27.1. The fourth-order valence-electron chi connectivity index (χ4n) is 3.89. The molecule has 20 heavy (non-hydrogen) atoms. The van der Waals surface area contributed by atoms with Gasteiger partial charge in [0.25, 0.3) is 5.91 Å². The molecule has 3 heterocycles. The summed E-state index contributed by atoms with van der Waals surface area (Å²) < 4.78 is 0. The van der Waals surface area contributed by atoms with Gasteiger partial charge in [0.15, 0.2) is 0 Å². The maximum Gasteiger partial charge on any atom is 0.255 e. The van der Waals surface area contributed by atoms with E-state index in [1.165, 1.54) is 12.8 Å². The van der Waals surface area contributed by atoms with Crippen molar-refractivity contribution in [1.29, 1.82) is 0 Å². The molecule has 0 aliphatic carbocycles. The molecular formula is C16H24N2OS. The summed E-state index contributed by atoms with van der Waals surface area (Å²) in [5.41, 5.74) is 2.03. The predicted octanol–water partition coefficient (Wildman–Crippen LogP) is 3.14. The number of carbonyl (C=O) groups is 1. The summed E-state index contributed by atoms with van der Waals surface area (Å²) in [4.78, 5) is 17.4. The fraction of sp³-hybridized carbons (Fsp3) is 0.688. The van der Waals surface area contributed by atoms with Crippen LogP contribution in [0, 0.1) is 6.92 Å². The Hall–Kier alpha value is -0.870. The second kappa shape index (κ2) is 5.49. The molecule has 1 aromatic heterocycles. The number of hydrogen-bond acceptors (Lipinski definition) is 3. The highest BCUT2D eigenvalue weighted by atomic mass is 32.1. The van der Waals surface area contributed by atoms with Gasteiger partial charge in [0.2, 0.25) is 0 Å². The minimum atomic E-state index is 0.236. The molecule has 1 aromatic rings. The number of amides is 1. The summed E-state index contributed by atoms with van der Waals surface area (Å²) in [6.45, 7) is 8.42. The fourth-order valence-corrected chi connectivity index (χ4v) is 4.71. The lowest BCUT2D eigenvalue weighted by Gasteiger charge is -2.32. The van der Waals surface area contributed by atoms with E-state index in [0.29, 0.717) is 18.1 Å². The lowest BCUT2D eigenvalue weighted by atomic mass is 10.1. The van der Waals surface area contributed by atoms with E-state index in [1.807, 2.05) is 12.3 Å². The third-order valence-electron chi connectivity index (χ3n) is 4.81. The lowest BCUT2D eigenvalue weighted by molar-refractivity contribution is 0.0728. The molecule has 2 unspecified atom stereocenters. The van der Waals surface area contributed by atoms with Crippen molar-refractivity contribution < 1.29 is 4.79 Å². The maximum atomic E-state index is 12.7. The van der Waals surface area contributed by atoms with Crippen molar-refractivity contribution in [2.45, 2.75) is 58.2 Å². The second-order valence-electron chi connectivity index (χ2n) is 6.43. The van der Waals surface area contributed by atoms with Crippen LogP contribution in [-0.2, 0) is 0 Å². The van der Waals surface area contributed by atoms with Gasteiger partial charge in [0.05, 0.1) is 5.56 Å². The van der Waals surface area contributed by atoms with Crippen LogP contribution < -0.4 is 0 Å². The highest BCUT2D eigenvalue weighted by Gasteiger charge is 2.39. The first-order valence-corrected chi connectivity index (χ1v) is 8.61. The van der Waals surface area contributed by atoms with Crippen LogP contribution in [0.4, 0.5) is 0 Å². The van der Waals surface area contributed by atoms with Crippen LogP contribution in [-0.4, -0.2) is 46.9 Å². The molecule has 2 aliphatic rings. The zero-order valence-corrected chi connectivity index (χ0v) is 13.4. The Kier molecular flexibility index (Phi) is 3.87. The Bertz CT molecular complexity index is 496. The van der Waals surface area contributed by atoms with E-state index in [2.05, 4.69) is 29.0 Å². The van der Waals surface area contributed by atoms with Crippen LogP contribution in [0.15, 0.2) is 10.8 Å². The summed E-state index contributed by atoms with van der Waals surface area (Å²) in [7, 11) is 0. The summed E-state index contributed by atoms with van der Waals surface area (Å²) >= 11 is 1.63. The molecule has 2 saturated heterocycles. The molecule has 0 radical (unpaired) electrons. The van der Waals surface area contributed by atoms with Gasteiger partial charge in [-0.15, -0.1) is 0 Å². The molecule has 0 spiro atoms. The van der Waals surface area contributed by atoms with Gasteiger partial charge in [-0.2, -0.15) is 11.3 Å². The van der Waals surface area contributed by atoms with Crippen molar-refractivity contribution >= 4 is 17.2 Å². The predicted molar refractivity (Wildman–Crippen MR) is 83.4 cm³/mol. The summed E-state index contributed by atoms with van der Waals surface area (Å²) in [5.74, 6) is 0.236. The Balaban J connectivity index is 1.78. The van der Waals surface area contributed by atoms with Crippen molar-refractivity contribution in [3.63, 3.8) is 0 Å². The molecule has 0 N–H and O–H groups in total. The van der Waals surface area contributed by atoms with E-state index in [1.54, 1.807) is 11.3 Å². The van der Waals surface area contributed by atoms with Crippen molar-refractivity contribution in [3.8, 4) is 0 Å². The van der Waals surface area contributed by atoms with Crippen LogP contribution >= 0.6 is 11.3 Å². The lowest BCUT2D eigenvalue weighted by Crippen LogP contribution is -2.44. The van der Waals surface area contributed by atoms with Crippen LogP contribution in [0.5, 0.6) is 0 Å². The monoisotopic (exact) mass is 292 g/mol. The average Bonchev–Trinajstić information content (AvgIpc) is 2.92. The van der Waals surface area contributed by atoms with E-state index in [0.717, 1.165) is 30.6 Å². The topological polar surface area (TPSA) is 23.6 Å². The Morgan fingerprint density at radius 2 is 2.00 bits per heavy atom. The van der Waals surface area contributed by atoms with Crippen molar-refractivity contribution in [2.75, 3.05) is 13.1 Å².